The predicted octanol–water partition coefficient (Wildman–Crippen LogP) is 3.72. The second kappa shape index (κ2) is 5.54. The van der Waals surface area contributed by atoms with Gasteiger partial charge in [0.15, 0.2) is 11.5 Å². The number of aryl methyl sites for hydroxylation is 1. The zero-order valence-electron chi connectivity index (χ0n) is 11.5. The van der Waals surface area contributed by atoms with Gasteiger partial charge in [-0.3, -0.25) is 4.79 Å². The Morgan fingerprint density at radius 2 is 2.19 bits per heavy atom. The number of carbonyl (C=O) groups excluding carboxylic acids is 1. The summed E-state index contributed by atoms with van der Waals surface area (Å²) >= 11 is 1.52. The Labute approximate surface area is 126 Å². The van der Waals surface area contributed by atoms with Gasteiger partial charge in [-0.2, -0.15) is 0 Å². The molecule has 0 saturated heterocycles. The third-order valence-electron chi connectivity index (χ3n) is 3.12. The molecule has 0 aliphatic rings. The smallest absolute Gasteiger partial charge is 0.169 e. The Bertz CT molecular complexity index is 775. The number of hydrogen-bond acceptors (Lipinski definition) is 5. The average molecular weight is 298 g/mol. The predicted molar refractivity (Wildman–Crippen MR) is 83.4 cm³/mol. The highest BCUT2D eigenvalue weighted by molar-refractivity contribution is 7.12. The number of aromatic nitrogens is 1. The molecule has 0 bridgehead atoms. The molecular formula is C16H14N2O2S. The molecule has 3 aromatic rings. The second-order valence-electron chi connectivity index (χ2n) is 4.72. The normalized spacial score (nSPS) is 10.7. The molecule has 0 unspecified atom stereocenters. The molecule has 2 N–H and O–H groups in total. The van der Waals surface area contributed by atoms with Crippen molar-refractivity contribution in [2.45, 2.75) is 13.3 Å². The van der Waals surface area contributed by atoms with Crippen molar-refractivity contribution in [3.8, 4) is 11.5 Å². The summed E-state index contributed by atoms with van der Waals surface area (Å²) in [5.74, 6) is 0.744. The molecule has 0 fully saturated rings. The van der Waals surface area contributed by atoms with Crippen LogP contribution in [0.4, 0.5) is 5.69 Å². The zero-order valence-corrected chi connectivity index (χ0v) is 12.3. The van der Waals surface area contributed by atoms with Crippen molar-refractivity contribution in [1.82, 2.24) is 4.98 Å². The van der Waals surface area contributed by atoms with Crippen molar-refractivity contribution in [2.24, 2.45) is 0 Å². The number of anilines is 1. The molecule has 5 heteroatoms. The van der Waals surface area contributed by atoms with Crippen molar-refractivity contribution >= 4 is 22.8 Å². The molecule has 0 atom stereocenters. The molecule has 2 aromatic heterocycles. The summed E-state index contributed by atoms with van der Waals surface area (Å²) in [5.41, 5.74) is 7.71. The van der Waals surface area contributed by atoms with E-state index in [0.29, 0.717) is 11.3 Å². The average Bonchev–Trinajstić information content (AvgIpc) is 3.08. The number of nitrogens with zero attached hydrogens (tertiary/aromatic N) is 1. The number of rotatable bonds is 4. The van der Waals surface area contributed by atoms with Crippen LogP contribution in [0.2, 0.25) is 0 Å². The van der Waals surface area contributed by atoms with Gasteiger partial charge in [-0.05, 0) is 31.2 Å². The van der Waals surface area contributed by atoms with Crippen LogP contribution in [0.15, 0.2) is 47.1 Å². The molecule has 2 heterocycles. The number of furan rings is 1. The summed E-state index contributed by atoms with van der Waals surface area (Å²) in [6, 6.07) is 10.7. The minimum Gasteiger partial charge on any atom is -0.463 e. The first-order valence-electron chi connectivity index (χ1n) is 6.52. The maximum absolute atomic E-state index is 12.3. The fourth-order valence-corrected chi connectivity index (χ4v) is 3.06. The van der Waals surface area contributed by atoms with E-state index < -0.39 is 0 Å². The van der Waals surface area contributed by atoms with Gasteiger partial charge in [0.25, 0.3) is 0 Å². The lowest BCUT2D eigenvalue weighted by molar-refractivity contribution is 0.0993. The van der Waals surface area contributed by atoms with Gasteiger partial charge in [-0.15, -0.1) is 11.3 Å². The lowest BCUT2D eigenvalue weighted by atomic mass is 10.1. The monoisotopic (exact) mass is 298 g/mol. The molecule has 3 rings (SSSR count). The van der Waals surface area contributed by atoms with Gasteiger partial charge in [0.05, 0.1) is 12.7 Å². The molecule has 21 heavy (non-hydrogen) atoms. The van der Waals surface area contributed by atoms with E-state index >= 15 is 0 Å². The number of carbonyl (C=O) groups is 1. The van der Waals surface area contributed by atoms with Crippen LogP contribution in [0.3, 0.4) is 0 Å². The molecule has 0 saturated carbocycles. The first kappa shape index (κ1) is 13.6. The summed E-state index contributed by atoms with van der Waals surface area (Å²) < 4.78 is 5.36. The van der Waals surface area contributed by atoms with E-state index in [1.54, 1.807) is 30.5 Å². The Hall–Kier alpha value is -2.40. The number of thiazole rings is 1. The Balaban J connectivity index is 1.83. The SMILES string of the molecule is Cc1sc(CC(=O)c2cccc(N)c2)nc1-c1ccco1. The van der Waals surface area contributed by atoms with Crippen LogP contribution in [0.5, 0.6) is 0 Å². The zero-order chi connectivity index (χ0) is 14.8. The van der Waals surface area contributed by atoms with E-state index in [1.807, 2.05) is 19.1 Å². The molecule has 4 nitrogen and oxygen atoms in total. The number of ketones is 1. The molecule has 0 aliphatic carbocycles. The first-order valence-corrected chi connectivity index (χ1v) is 7.34. The topological polar surface area (TPSA) is 69.1 Å². The van der Waals surface area contributed by atoms with Crippen LogP contribution in [-0.4, -0.2) is 10.8 Å². The van der Waals surface area contributed by atoms with E-state index in [0.717, 1.165) is 21.3 Å². The van der Waals surface area contributed by atoms with Gasteiger partial charge in [-0.1, -0.05) is 12.1 Å². The quantitative estimate of drug-likeness (QED) is 0.588. The van der Waals surface area contributed by atoms with Gasteiger partial charge < -0.3 is 10.2 Å². The summed E-state index contributed by atoms with van der Waals surface area (Å²) in [7, 11) is 0. The Kier molecular flexibility index (Phi) is 3.58. The number of Topliss-reactive ketones (excluding diaryl/α,β-unsaturated/α-hetero) is 1. The molecule has 0 aliphatic heterocycles. The van der Waals surface area contributed by atoms with Crippen molar-refractivity contribution < 1.29 is 9.21 Å². The van der Waals surface area contributed by atoms with Crippen molar-refractivity contribution in [3.05, 3.63) is 58.1 Å². The Morgan fingerprint density at radius 3 is 2.90 bits per heavy atom. The van der Waals surface area contributed by atoms with E-state index in [1.165, 1.54) is 11.3 Å². The first-order chi connectivity index (χ1) is 10.1. The van der Waals surface area contributed by atoms with Gasteiger partial charge in [-0.25, -0.2) is 4.98 Å². The molecule has 0 amide bonds. The van der Waals surface area contributed by atoms with E-state index in [2.05, 4.69) is 4.98 Å². The van der Waals surface area contributed by atoms with E-state index in [9.17, 15) is 4.79 Å². The van der Waals surface area contributed by atoms with Crippen LogP contribution in [0, 0.1) is 6.92 Å². The van der Waals surface area contributed by atoms with Crippen LogP contribution in [-0.2, 0) is 6.42 Å². The minimum atomic E-state index is 0.0158. The van der Waals surface area contributed by atoms with Crippen molar-refractivity contribution in [2.75, 3.05) is 5.73 Å². The highest BCUT2D eigenvalue weighted by atomic mass is 32.1. The number of hydrogen-bond donors (Lipinski definition) is 1. The van der Waals surface area contributed by atoms with Crippen molar-refractivity contribution in [3.63, 3.8) is 0 Å². The van der Waals surface area contributed by atoms with Crippen molar-refractivity contribution in [1.29, 1.82) is 0 Å². The van der Waals surface area contributed by atoms with E-state index in [4.69, 9.17) is 10.2 Å². The third-order valence-corrected chi connectivity index (χ3v) is 4.09. The summed E-state index contributed by atoms with van der Waals surface area (Å²) in [5, 5.41) is 0.784. The summed E-state index contributed by atoms with van der Waals surface area (Å²) in [4.78, 5) is 17.8. The standard InChI is InChI=1S/C16H14N2O2S/c1-10-16(14-6-3-7-20-14)18-15(21-10)9-13(19)11-4-2-5-12(17)8-11/h2-8H,9,17H2,1H3. The second-order valence-corrected chi connectivity index (χ2v) is 6.00. The lowest BCUT2D eigenvalue weighted by Crippen LogP contribution is -2.03. The van der Waals surface area contributed by atoms with Crippen LogP contribution < -0.4 is 5.73 Å². The highest BCUT2D eigenvalue weighted by Crippen LogP contribution is 2.28. The van der Waals surface area contributed by atoms with Crippen LogP contribution in [0.25, 0.3) is 11.5 Å². The fraction of sp³-hybridized carbons (Fsp3) is 0.125. The largest absolute Gasteiger partial charge is 0.463 e. The summed E-state index contributed by atoms with van der Waals surface area (Å²) in [6.45, 7) is 1.98. The molecule has 106 valence electrons. The highest BCUT2D eigenvalue weighted by Gasteiger charge is 2.15. The lowest BCUT2D eigenvalue weighted by Gasteiger charge is -1.99. The third kappa shape index (κ3) is 2.87. The van der Waals surface area contributed by atoms with E-state index in [-0.39, 0.29) is 12.2 Å². The maximum atomic E-state index is 12.3. The molecule has 0 spiro atoms. The number of nitrogens with two attached hydrogens (primary N) is 1. The summed E-state index contributed by atoms with van der Waals surface area (Å²) in [6.07, 6.45) is 1.89. The minimum absolute atomic E-state index is 0.0158. The number of benzene rings is 1. The van der Waals surface area contributed by atoms with Crippen LogP contribution in [0.1, 0.15) is 20.2 Å². The molecular weight excluding hydrogens is 284 g/mol. The van der Waals surface area contributed by atoms with Gasteiger partial charge in [0.2, 0.25) is 0 Å². The Morgan fingerprint density at radius 1 is 1.33 bits per heavy atom. The number of nitrogen functional groups attached to an aromatic ring is 1. The fourth-order valence-electron chi connectivity index (χ4n) is 2.12. The van der Waals surface area contributed by atoms with Crippen LogP contribution >= 0.6 is 11.3 Å². The molecule has 1 aromatic carbocycles. The van der Waals surface area contributed by atoms with Gasteiger partial charge in [0, 0.05) is 16.1 Å². The molecule has 0 radical (unpaired) electrons. The maximum Gasteiger partial charge on any atom is 0.169 e. The van der Waals surface area contributed by atoms with Gasteiger partial charge in [0.1, 0.15) is 10.7 Å². The van der Waals surface area contributed by atoms with Gasteiger partial charge >= 0.3 is 0 Å².